The number of benzene rings is 2. The second kappa shape index (κ2) is 13.7. The van der Waals surface area contributed by atoms with Gasteiger partial charge in [-0.1, -0.05) is 60.7 Å². The number of aromatic nitrogens is 1. The number of ether oxygens (including phenoxy) is 1. The number of nitrogens with zero attached hydrogens (tertiary/aromatic N) is 1. The molecular formula is C26H26F3N3O6. The number of aliphatic carboxylic acids is 1. The zero-order valence-corrected chi connectivity index (χ0v) is 20.2. The number of hydrogen-bond donors (Lipinski definition) is 3. The average molecular weight is 534 g/mol. The number of pyridine rings is 1. The summed E-state index contributed by atoms with van der Waals surface area (Å²) in [7, 11) is 1.23. The molecule has 0 aliphatic carbocycles. The molecule has 0 aliphatic rings. The molecular weight excluding hydrogens is 507 g/mol. The van der Waals surface area contributed by atoms with Gasteiger partial charge in [-0.3, -0.25) is 9.59 Å². The van der Waals surface area contributed by atoms with Crippen molar-refractivity contribution in [3.8, 4) is 0 Å². The first-order valence-electron chi connectivity index (χ1n) is 11.2. The number of nitrogens with one attached hydrogen (secondary N) is 1. The molecule has 2 aromatic carbocycles. The van der Waals surface area contributed by atoms with Crippen LogP contribution < -0.4 is 16.6 Å². The van der Waals surface area contributed by atoms with Crippen molar-refractivity contribution in [3.05, 3.63) is 106 Å². The summed E-state index contributed by atoms with van der Waals surface area (Å²) in [5.74, 6) is -4.02. The molecule has 1 aromatic heterocycles. The van der Waals surface area contributed by atoms with E-state index in [2.05, 4.69) is 5.32 Å². The predicted octanol–water partition coefficient (Wildman–Crippen LogP) is 2.74. The molecule has 9 nitrogen and oxygen atoms in total. The van der Waals surface area contributed by atoms with Crippen LogP contribution in [-0.2, 0) is 14.3 Å². The molecule has 0 unspecified atom stereocenters. The van der Waals surface area contributed by atoms with Crippen molar-refractivity contribution in [3.63, 3.8) is 0 Å². The lowest BCUT2D eigenvalue weighted by atomic mass is 9.98. The van der Waals surface area contributed by atoms with E-state index in [0.29, 0.717) is 0 Å². The Morgan fingerprint density at radius 3 is 1.89 bits per heavy atom. The maximum atomic E-state index is 13.3. The molecule has 1 atom stereocenters. The van der Waals surface area contributed by atoms with E-state index in [0.717, 1.165) is 11.1 Å². The van der Waals surface area contributed by atoms with Crippen molar-refractivity contribution in [2.45, 2.75) is 24.7 Å². The van der Waals surface area contributed by atoms with Crippen molar-refractivity contribution in [2.24, 2.45) is 5.73 Å². The fourth-order valence-electron chi connectivity index (χ4n) is 3.46. The summed E-state index contributed by atoms with van der Waals surface area (Å²) in [5.41, 5.74) is 6.82. The van der Waals surface area contributed by atoms with Gasteiger partial charge in [0.05, 0.1) is 13.2 Å². The van der Waals surface area contributed by atoms with Crippen molar-refractivity contribution in [1.29, 1.82) is 0 Å². The topological polar surface area (TPSA) is 141 Å². The van der Waals surface area contributed by atoms with Gasteiger partial charge in [-0.2, -0.15) is 13.2 Å². The summed E-state index contributed by atoms with van der Waals surface area (Å²) in [4.78, 5) is 47.0. The van der Waals surface area contributed by atoms with E-state index >= 15 is 0 Å². The van der Waals surface area contributed by atoms with Crippen LogP contribution in [0.1, 0.15) is 33.9 Å². The first-order chi connectivity index (χ1) is 18.0. The number of methoxy groups -OCH3 is 1. The fraction of sp³-hybridized carbons (Fsp3) is 0.231. The minimum absolute atomic E-state index is 0.0645. The summed E-state index contributed by atoms with van der Waals surface area (Å²) in [5, 5.41) is 9.69. The Labute approximate surface area is 215 Å². The van der Waals surface area contributed by atoms with Gasteiger partial charge in [0.25, 0.3) is 11.5 Å². The summed E-state index contributed by atoms with van der Waals surface area (Å²) < 4.78 is 38.0. The molecule has 3 aromatic rings. The van der Waals surface area contributed by atoms with Crippen LogP contribution in [0.2, 0.25) is 0 Å². The lowest BCUT2D eigenvalue weighted by molar-refractivity contribution is -0.192. The largest absolute Gasteiger partial charge is 0.490 e. The standard InChI is InChI=1S/C24H25N3O4.C2HF3O2/c1-31-24(30)20(14-15-25)26-22(28)19-13-8-16-27(23(19)29)21(17-9-4-2-5-10-17)18-11-6-3-7-12-18;3-2(4,5)1(6)7/h2-13,16,20-21H,14-15,25H2,1H3,(H,26,28);(H,6,7)/t20-;/m0./s1. The lowest BCUT2D eigenvalue weighted by Crippen LogP contribution is -2.45. The molecule has 1 heterocycles. The van der Waals surface area contributed by atoms with E-state index in [9.17, 15) is 27.6 Å². The Hall–Kier alpha value is -4.45. The third-order valence-corrected chi connectivity index (χ3v) is 5.22. The van der Waals surface area contributed by atoms with E-state index in [1.165, 1.54) is 17.7 Å². The molecule has 202 valence electrons. The van der Waals surface area contributed by atoms with Crippen LogP contribution in [0, 0.1) is 0 Å². The van der Waals surface area contributed by atoms with Crippen LogP contribution >= 0.6 is 0 Å². The Balaban J connectivity index is 0.000000638. The van der Waals surface area contributed by atoms with Gasteiger partial charge in [0.1, 0.15) is 11.6 Å². The number of halogens is 3. The molecule has 38 heavy (non-hydrogen) atoms. The second-order valence-electron chi connectivity index (χ2n) is 7.79. The van der Waals surface area contributed by atoms with E-state index < -0.39 is 41.7 Å². The molecule has 0 saturated heterocycles. The number of carboxylic acid groups (broad SMARTS) is 1. The number of rotatable bonds is 8. The number of carbonyl (C=O) groups excluding carboxylic acids is 2. The van der Waals surface area contributed by atoms with Crippen LogP contribution in [0.4, 0.5) is 13.2 Å². The molecule has 0 fully saturated rings. The fourth-order valence-corrected chi connectivity index (χ4v) is 3.46. The van der Waals surface area contributed by atoms with Crippen LogP contribution in [0.5, 0.6) is 0 Å². The van der Waals surface area contributed by atoms with Gasteiger partial charge in [-0.05, 0) is 36.2 Å². The highest BCUT2D eigenvalue weighted by atomic mass is 19.4. The molecule has 0 aliphatic heterocycles. The molecule has 4 N–H and O–H groups in total. The van der Waals surface area contributed by atoms with E-state index in [-0.39, 0.29) is 18.5 Å². The highest BCUT2D eigenvalue weighted by molar-refractivity contribution is 5.96. The number of carbonyl (C=O) groups is 3. The van der Waals surface area contributed by atoms with Crippen molar-refractivity contribution >= 4 is 17.8 Å². The van der Waals surface area contributed by atoms with Crippen molar-refractivity contribution in [1.82, 2.24) is 9.88 Å². The third kappa shape index (κ3) is 8.03. The summed E-state index contributed by atoms with van der Waals surface area (Å²) in [6.45, 7) is 0.184. The highest BCUT2D eigenvalue weighted by Gasteiger charge is 2.38. The van der Waals surface area contributed by atoms with Gasteiger partial charge in [-0.15, -0.1) is 0 Å². The quantitative estimate of drug-likeness (QED) is 0.378. The van der Waals surface area contributed by atoms with Gasteiger partial charge in [0.15, 0.2) is 0 Å². The second-order valence-corrected chi connectivity index (χ2v) is 7.79. The first-order valence-corrected chi connectivity index (χ1v) is 11.2. The lowest BCUT2D eigenvalue weighted by Gasteiger charge is -2.22. The highest BCUT2D eigenvalue weighted by Crippen LogP contribution is 2.25. The molecule has 0 radical (unpaired) electrons. The molecule has 0 bridgehead atoms. The van der Waals surface area contributed by atoms with Crippen LogP contribution in [0.3, 0.4) is 0 Å². The summed E-state index contributed by atoms with van der Waals surface area (Å²) >= 11 is 0. The zero-order valence-electron chi connectivity index (χ0n) is 20.2. The molecule has 12 heteroatoms. The van der Waals surface area contributed by atoms with Crippen LogP contribution in [0.25, 0.3) is 0 Å². The minimum atomic E-state index is -5.08. The third-order valence-electron chi connectivity index (χ3n) is 5.22. The van der Waals surface area contributed by atoms with Crippen molar-refractivity contribution in [2.75, 3.05) is 13.7 Å². The average Bonchev–Trinajstić information content (AvgIpc) is 2.90. The zero-order chi connectivity index (χ0) is 28.3. The maximum absolute atomic E-state index is 13.3. The number of esters is 1. The smallest absolute Gasteiger partial charge is 0.475 e. The SMILES string of the molecule is COC(=O)[C@H](CCN)NC(=O)c1cccn(C(c2ccccc2)c2ccccc2)c1=O.O=C(O)C(F)(F)F. The summed E-state index contributed by atoms with van der Waals surface area (Å²) in [6, 6.07) is 20.9. The predicted molar refractivity (Wildman–Crippen MR) is 131 cm³/mol. The van der Waals surface area contributed by atoms with Gasteiger partial charge < -0.3 is 25.5 Å². The maximum Gasteiger partial charge on any atom is 0.490 e. The number of carboxylic acids is 1. The van der Waals surface area contributed by atoms with Crippen LogP contribution in [0.15, 0.2) is 83.8 Å². The number of amides is 1. The number of hydrogen-bond acceptors (Lipinski definition) is 6. The monoisotopic (exact) mass is 533 g/mol. The Bertz CT molecular complexity index is 1240. The molecule has 0 saturated carbocycles. The first kappa shape index (κ1) is 29.8. The van der Waals surface area contributed by atoms with E-state index in [1.54, 1.807) is 12.3 Å². The van der Waals surface area contributed by atoms with Gasteiger partial charge in [0, 0.05) is 6.20 Å². The van der Waals surface area contributed by atoms with Crippen LogP contribution in [-0.4, -0.2) is 53.4 Å². The number of nitrogens with two attached hydrogens (primary N) is 1. The Morgan fingerprint density at radius 2 is 1.47 bits per heavy atom. The minimum Gasteiger partial charge on any atom is -0.475 e. The van der Waals surface area contributed by atoms with Gasteiger partial charge in [0.2, 0.25) is 0 Å². The molecule has 0 spiro atoms. The Morgan fingerprint density at radius 1 is 0.974 bits per heavy atom. The Kier molecular flexibility index (Phi) is 10.8. The molecule has 1 amide bonds. The van der Waals surface area contributed by atoms with E-state index in [1.807, 2.05) is 60.7 Å². The van der Waals surface area contributed by atoms with Crippen molar-refractivity contribution < 1.29 is 37.4 Å². The number of alkyl halides is 3. The molecule has 3 rings (SSSR count). The van der Waals surface area contributed by atoms with E-state index in [4.69, 9.17) is 20.4 Å². The van der Waals surface area contributed by atoms with Gasteiger partial charge in [-0.25, -0.2) is 9.59 Å². The van der Waals surface area contributed by atoms with Gasteiger partial charge >= 0.3 is 18.1 Å². The normalized spacial score (nSPS) is 11.6. The summed E-state index contributed by atoms with van der Waals surface area (Å²) in [6.07, 6.45) is -3.22.